The summed E-state index contributed by atoms with van der Waals surface area (Å²) in [5.74, 6) is 2.07. The Bertz CT molecular complexity index is 660. The van der Waals surface area contributed by atoms with Crippen molar-refractivity contribution in [3.63, 3.8) is 0 Å². The standard InChI is InChI=1S/C21H30N2O3/c1-4-17-13(2)18-9-8-15(12-19(18)23-21(17)25)22-20(24)11-14-6-5-7-16(10-14)26-3/h5-7,10,13,15,17-19H,4,8-9,11-12H2,1-3H3,(H,22,24)(H,23,25). The van der Waals surface area contributed by atoms with E-state index in [0.29, 0.717) is 18.3 Å². The average Bonchev–Trinajstić information content (AvgIpc) is 2.62. The van der Waals surface area contributed by atoms with Gasteiger partial charge in [0.25, 0.3) is 0 Å². The van der Waals surface area contributed by atoms with Gasteiger partial charge in [-0.25, -0.2) is 0 Å². The largest absolute Gasteiger partial charge is 0.497 e. The molecular weight excluding hydrogens is 328 g/mol. The van der Waals surface area contributed by atoms with E-state index >= 15 is 0 Å². The molecule has 0 radical (unpaired) electrons. The highest BCUT2D eigenvalue weighted by molar-refractivity contribution is 5.80. The maximum atomic E-state index is 12.4. The van der Waals surface area contributed by atoms with Crippen molar-refractivity contribution in [1.82, 2.24) is 10.6 Å². The van der Waals surface area contributed by atoms with Gasteiger partial charge < -0.3 is 15.4 Å². The van der Waals surface area contributed by atoms with Gasteiger partial charge in [0.15, 0.2) is 0 Å². The topological polar surface area (TPSA) is 67.4 Å². The molecule has 1 aromatic rings. The highest BCUT2D eigenvalue weighted by Gasteiger charge is 2.43. The molecule has 142 valence electrons. The summed E-state index contributed by atoms with van der Waals surface area (Å²) in [6.07, 6.45) is 4.13. The first-order valence-corrected chi connectivity index (χ1v) is 9.74. The smallest absolute Gasteiger partial charge is 0.224 e. The first kappa shape index (κ1) is 18.7. The van der Waals surface area contributed by atoms with E-state index in [1.807, 2.05) is 24.3 Å². The highest BCUT2D eigenvalue weighted by Crippen LogP contribution is 2.38. The predicted octanol–water partition coefficient (Wildman–Crippen LogP) is 2.68. The van der Waals surface area contributed by atoms with Crippen molar-refractivity contribution in [3.8, 4) is 5.75 Å². The van der Waals surface area contributed by atoms with Crippen molar-refractivity contribution in [2.45, 2.75) is 58.0 Å². The molecule has 2 aliphatic rings. The number of rotatable bonds is 5. The van der Waals surface area contributed by atoms with Gasteiger partial charge in [0, 0.05) is 18.0 Å². The predicted molar refractivity (Wildman–Crippen MR) is 101 cm³/mol. The molecule has 3 rings (SSSR count). The van der Waals surface area contributed by atoms with Crippen LogP contribution in [0.2, 0.25) is 0 Å². The summed E-state index contributed by atoms with van der Waals surface area (Å²) in [6, 6.07) is 7.93. The molecule has 1 aliphatic heterocycles. The number of hydrogen-bond donors (Lipinski definition) is 2. The lowest BCUT2D eigenvalue weighted by atomic mass is 9.67. The third-order valence-electron chi connectivity index (χ3n) is 6.18. The number of ether oxygens (including phenoxy) is 1. The van der Waals surface area contributed by atoms with Gasteiger partial charge in [0.2, 0.25) is 11.8 Å². The van der Waals surface area contributed by atoms with Gasteiger partial charge in [0.05, 0.1) is 13.5 Å². The van der Waals surface area contributed by atoms with Gasteiger partial charge in [-0.05, 0) is 55.2 Å². The van der Waals surface area contributed by atoms with E-state index in [-0.39, 0.29) is 29.8 Å². The van der Waals surface area contributed by atoms with Crippen LogP contribution in [0.5, 0.6) is 5.75 Å². The average molecular weight is 358 g/mol. The van der Waals surface area contributed by atoms with Crippen LogP contribution in [0.1, 0.15) is 45.1 Å². The quantitative estimate of drug-likeness (QED) is 0.850. The van der Waals surface area contributed by atoms with E-state index < -0.39 is 0 Å². The maximum Gasteiger partial charge on any atom is 0.224 e. The van der Waals surface area contributed by atoms with Crippen molar-refractivity contribution in [2.75, 3.05) is 7.11 Å². The number of amides is 2. The van der Waals surface area contributed by atoms with Crippen LogP contribution in [0.25, 0.3) is 0 Å². The number of benzene rings is 1. The molecule has 0 aromatic heterocycles. The lowest BCUT2D eigenvalue weighted by molar-refractivity contribution is -0.133. The van der Waals surface area contributed by atoms with Crippen molar-refractivity contribution in [3.05, 3.63) is 29.8 Å². The summed E-state index contributed by atoms with van der Waals surface area (Å²) < 4.78 is 5.21. The molecule has 0 bridgehead atoms. The highest BCUT2D eigenvalue weighted by atomic mass is 16.5. The van der Waals surface area contributed by atoms with Crippen molar-refractivity contribution < 1.29 is 14.3 Å². The molecule has 2 amide bonds. The molecule has 1 saturated carbocycles. The molecule has 5 unspecified atom stereocenters. The van der Waals surface area contributed by atoms with Crippen molar-refractivity contribution in [1.29, 1.82) is 0 Å². The minimum absolute atomic E-state index is 0.0309. The zero-order valence-electron chi connectivity index (χ0n) is 16.0. The monoisotopic (exact) mass is 358 g/mol. The number of carbonyl (C=O) groups is 2. The van der Waals surface area contributed by atoms with E-state index in [1.165, 1.54) is 0 Å². The Morgan fingerprint density at radius 2 is 2.15 bits per heavy atom. The molecule has 5 atom stereocenters. The third-order valence-corrected chi connectivity index (χ3v) is 6.18. The van der Waals surface area contributed by atoms with Gasteiger partial charge in [-0.2, -0.15) is 0 Å². The Morgan fingerprint density at radius 1 is 1.35 bits per heavy atom. The number of hydrogen-bond acceptors (Lipinski definition) is 3. The Labute approximate surface area is 155 Å². The summed E-state index contributed by atoms with van der Waals surface area (Å²) in [7, 11) is 1.63. The first-order chi connectivity index (χ1) is 12.5. The molecule has 26 heavy (non-hydrogen) atoms. The van der Waals surface area contributed by atoms with Crippen LogP contribution in [0, 0.1) is 17.8 Å². The lowest BCUT2D eigenvalue weighted by Gasteiger charge is -2.46. The third kappa shape index (κ3) is 4.02. The molecular formula is C21H30N2O3. The van der Waals surface area contributed by atoms with Crippen LogP contribution < -0.4 is 15.4 Å². The fraction of sp³-hybridized carbons (Fsp3) is 0.619. The second-order valence-electron chi connectivity index (χ2n) is 7.76. The van der Waals surface area contributed by atoms with Gasteiger partial charge in [0.1, 0.15) is 5.75 Å². The molecule has 1 heterocycles. The van der Waals surface area contributed by atoms with Crippen LogP contribution in [0.15, 0.2) is 24.3 Å². The van der Waals surface area contributed by atoms with Crippen molar-refractivity contribution in [2.24, 2.45) is 17.8 Å². The number of nitrogens with one attached hydrogen (secondary N) is 2. The Morgan fingerprint density at radius 3 is 2.88 bits per heavy atom. The number of methoxy groups -OCH3 is 1. The zero-order valence-corrected chi connectivity index (χ0v) is 16.0. The Balaban J connectivity index is 1.55. The van der Waals surface area contributed by atoms with Crippen molar-refractivity contribution >= 4 is 11.8 Å². The van der Waals surface area contributed by atoms with E-state index in [4.69, 9.17) is 4.74 Å². The summed E-state index contributed by atoms with van der Waals surface area (Å²) in [5, 5.41) is 6.37. The fourth-order valence-corrected chi connectivity index (χ4v) is 4.75. The van der Waals surface area contributed by atoms with Crippen LogP contribution in [0.4, 0.5) is 0 Å². The molecule has 5 nitrogen and oxygen atoms in total. The summed E-state index contributed by atoms with van der Waals surface area (Å²) in [5.41, 5.74) is 0.945. The number of piperidine rings is 1. The fourth-order valence-electron chi connectivity index (χ4n) is 4.75. The second-order valence-corrected chi connectivity index (χ2v) is 7.76. The van der Waals surface area contributed by atoms with Gasteiger partial charge >= 0.3 is 0 Å². The Hall–Kier alpha value is -2.04. The van der Waals surface area contributed by atoms with Gasteiger partial charge in [-0.3, -0.25) is 9.59 Å². The molecule has 0 spiro atoms. The lowest BCUT2D eigenvalue weighted by Crippen LogP contribution is -2.58. The molecule has 2 N–H and O–H groups in total. The molecule has 1 aromatic carbocycles. The van der Waals surface area contributed by atoms with Crippen LogP contribution in [0.3, 0.4) is 0 Å². The summed E-state index contributed by atoms with van der Waals surface area (Å²) in [6.45, 7) is 4.30. The Kier molecular flexibility index (Phi) is 5.84. The number of carbonyl (C=O) groups excluding carboxylic acids is 2. The summed E-state index contributed by atoms with van der Waals surface area (Å²) in [4.78, 5) is 24.7. The van der Waals surface area contributed by atoms with E-state index in [2.05, 4.69) is 24.5 Å². The molecule has 2 fully saturated rings. The molecule has 1 aliphatic carbocycles. The second kappa shape index (κ2) is 8.11. The van der Waals surface area contributed by atoms with Gasteiger partial charge in [-0.1, -0.05) is 26.0 Å². The minimum atomic E-state index is 0.0309. The van der Waals surface area contributed by atoms with Gasteiger partial charge in [-0.15, -0.1) is 0 Å². The minimum Gasteiger partial charge on any atom is -0.497 e. The SMILES string of the molecule is CCC1C(=O)NC2CC(NC(=O)Cc3cccc(OC)c3)CCC2C1C. The first-order valence-electron chi connectivity index (χ1n) is 9.74. The van der Waals surface area contributed by atoms with Crippen LogP contribution in [-0.2, 0) is 16.0 Å². The normalized spacial score (nSPS) is 30.9. The van der Waals surface area contributed by atoms with Crippen LogP contribution in [-0.4, -0.2) is 31.0 Å². The summed E-state index contributed by atoms with van der Waals surface area (Å²) >= 11 is 0. The number of fused-ring (bicyclic) bond motifs is 1. The van der Waals surface area contributed by atoms with E-state index in [9.17, 15) is 9.59 Å². The maximum absolute atomic E-state index is 12.4. The van der Waals surface area contributed by atoms with E-state index in [0.717, 1.165) is 37.0 Å². The van der Waals surface area contributed by atoms with E-state index in [1.54, 1.807) is 7.11 Å². The van der Waals surface area contributed by atoms with Crippen LogP contribution >= 0.6 is 0 Å². The molecule has 5 heteroatoms. The molecule has 1 saturated heterocycles. The zero-order chi connectivity index (χ0) is 18.7.